The van der Waals surface area contributed by atoms with Gasteiger partial charge in [0.25, 0.3) is 15.9 Å². The lowest BCUT2D eigenvalue weighted by atomic mass is 10.1. The fourth-order valence-corrected chi connectivity index (χ4v) is 5.87. The summed E-state index contributed by atoms with van der Waals surface area (Å²) < 4.78 is 35.0. The topological polar surface area (TPSA) is 107 Å². The molecule has 0 saturated carbocycles. The molecule has 8 nitrogen and oxygen atoms in total. The number of nitrogens with zero attached hydrogens (tertiary/aromatic N) is 2. The Labute approximate surface area is 216 Å². The summed E-state index contributed by atoms with van der Waals surface area (Å²) in [5, 5.41) is 0.428. The van der Waals surface area contributed by atoms with Gasteiger partial charge in [0.2, 0.25) is 0 Å². The molecule has 0 bridgehead atoms. The van der Waals surface area contributed by atoms with E-state index in [9.17, 15) is 18.0 Å². The van der Waals surface area contributed by atoms with Crippen LogP contribution in [-0.2, 0) is 26.1 Å². The number of carbonyl (C=O) groups excluding carboxylic acids is 2. The Kier molecular flexibility index (Phi) is 7.30. The first kappa shape index (κ1) is 25.6. The van der Waals surface area contributed by atoms with Gasteiger partial charge in [0, 0.05) is 16.3 Å². The van der Waals surface area contributed by atoms with Gasteiger partial charge in [0.05, 0.1) is 22.2 Å². The minimum Gasteiger partial charge on any atom is -0.468 e. The maximum atomic E-state index is 13.0. The van der Waals surface area contributed by atoms with Crippen LogP contribution in [0, 0.1) is 13.8 Å². The molecule has 4 aromatic rings. The molecule has 3 aromatic carbocycles. The number of aryl methyl sites for hydroxylation is 2. The Balaban J connectivity index is 1.65. The molecule has 11 heteroatoms. The highest BCUT2D eigenvalue weighted by Gasteiger charge is 2.16. The smallest absolute Gasteiger partial charge is 0.325 e. The van der Waals surface area contributed by atoms with Gasteiger partial charge in [-0.15, -0.1) is 0 Å². The lowest BCUT2D eigenvalue weighted by molar-refractivity contribution is -0.141. The largest absolute Gasteiger partial charge is 0.468 e. The van der Waals surface area contributed by atoms with E-state index in [1.807, 2.05) is 26.0 Å². The van der Waals surface area contributed by atoms with E-state index >= 15 is 0 Å². The van der Waals surface area contributed by atoms with Crippen molar-refractivity contribution < 1.29 is 22.7 Å². The first-order chi connectivity index (χ1) is 17.1. The number of anilines is 1. The highest BCUT2D eigenvalue weighted by Crippen LogP contribution is 2.24. The maximum Gasteiger partial charge on any atom is 0.325 e. The Morgan fingerprint density at radius 1 is 1.06 bits per heavy atom. The van der Waals surface area contributed by atoms with Crippen LogP contribution in [0.15, 0.2) is 70.6 Å². The molecule has 1 N–H and O–H groups in total. The number of halogens is 1. The number of amides is 1. The minimum atomic E-state index is -3.82. The van der Waals surface area contributed by atoms with Gasteiger partial charge in [0.15, 0.2) is 4.80 Å². The molecule has 1 aromatic heterocycles. The van der Waals surface area contributed by atoms with Crippen molar-refractivity contribution in [2.75, 3.05) is 11.8 Å². The Morgan fingerprint density at radius 2 is 1.72 bits per heavy atom. The molecule has 0 unspecified atom stereocenters. The van der Waals surface area contributed by atoms with Crippen molar-refractivity contribution >= 4 is 60.7 Å². The van der Waals surface area contributed by atoms with Gasteiger partial charge in [-0.05, 0) is 79.6 Å². The number of esters is 1. The number of carbonyl (C=O) groups is 2. The zero-order valence-corrected chi connectivity index (χ0v) is 22.0. The molecule has 0 aliphatic carbocycles. The van der Waals surface area contributed by atoms with E-state index < -0.39 is 21.9 Å². The predicted molar refractivity (Wildman–Crippen MR) is 140 cm³/mol. The highest BCUT2D eigenvalue weighted by atomic mass is 35.5. The Bertz CT molecular complexity index is 1640. The van der Waals surface area contributed by atoms with Crippen molar-refractivity contribution in [3.05, 3.63) is 87.2 Å². The van der Waals surface area contributed by atoms with Gasteiger partial charge in [-0.1, -0.05) is 29.0 Å². The average molecular weight is 544 g/mol. The quantitative estimate of drug-likeness (QED) is 0.355. The first-order valence-corrected chi connectivity index (χ1v) is 13.4. The summed E-state index contributed by atoms with van der Waals surface area (Å²) in [5.41, 5.74) is 3.38. The van der Waals surface area contributed by atoms with E-state index in [-0.39, 0.29) is 22.7 Å². The molecule has 1 heterocycles. The summed E-state index contributed by atoms with van der Waals surface area (Å²) in [4.78, 5) is 29.7. The van der Waals surface area contributed by atoms with E-state index in [4.69, 9.17) is 16.3 Å². The van der Waals surface area contributed by atoms with Crippen molar-refractivity contribution in [1.82, 2.24) is 4.57 Å². The van der Waals surface area contributed by atoms with Crippen LogP contribution in [-0.4, -0.2) is 32.0 Å². The van der Waals surface area contributed by atoms with Crippen LogP contribution in [0.1, 0.15) is 21.5 Å². The second-order valence-corrected chi connectivity index (χ2v) is 11.1. The maximum absolute atomic E-state index is 13.0. The SMILES string of the molecule is COC(=O)Cn1c(=NC(=O)c2ccc(NS(=O)(=O)c3ccc(Cl)cc3)cc2)sc2c(C)cc(C)cc21. The number of ether oxygens (including phenoxy) is 1. The van der Waals surface area contributed by atoms with E-state index in [1.165, 1.54) is 67.0 Å². The van der Waals surface area contributed by atoms with Crippen LogP contribution >= 0.6 is 22.9 Å². The normalized spacial score (nSPS) is 12.1. The number of benzene rings is 3. The zero-order valence-electron chi connectivity index (χ0n) is 19.6. The molecule has 1 amide bonds. The van der Waals surface area contributed by atoms with Crippen molar-refractivity contribution in [2.24, 2.45) is 4.99 Å². The monoisotopic (exact) mass is 543 g/mol. The summed E-state index contributed by atoms with van der Waals surface area (Å²) in [5.74, 6) is -0.985. The molecule has 0 spiro atoms. The number of rotatable bonds is 6. The van der Waals surface area contributed by atoms with Gasteiger partial charge in [-0.2, -0.15) is 4.99 Å². The lowest BCUT2D eigenvalue weighted by Crippen LogP contribution is -2.22. The second kappa shape index (κ2) is 10.3. The molecule has 0 aliphatic rings. The summed E-state index contributed by atoms with van der Waals surface area (Å²) >= 11 is 7.14. The number of aromatic nitrogens is 1. The molecule has 0 fully saturated rings. The number of hydrogen-bond donors (Lipinski definition) is 1. The molecule has 0 radical (unpaired) electrons. The van der Waals surface area contributed by atoms with Gasteiger partial charge in [-0.3, -0.25) is 14.3 Å². The first-order valence-electron chi connectivity index (χ1n) is 10.7. The number of methoxy groups -OCH3 is 1. The molecule has 0 atom stereocenters. The van der Waals surface area contributed by atoms with Gasteiger partial charge in [0.1, 0.15) is 6.54 Å². The van der Waals surface area contributed by atoms with E-state index in [1.54, 1.807) is 4.57 Å². The Morgan fingerprint density at radius 3 is 2.36 bits per heavy atom. The molecule has 0 saturated heterocycles. The third-order valence-corrected chi connectivity index (χ3v) is 8.21. The fourth-order valence-electron chi connectivity index (χ4n) is 3.60. The Hall–Kier alpha value is -3.47. The van der Waals surface area contributed by atoms with Crippen LogP contribution < -0.4 is 9.52 Å². The molecular weight excluding hydrogens is 522 g/mol. The summed E-state index contributed by atoms with van der Waals surface area (Å²) in [6.07, 6.45) is 0. The van der Waals surface area contributed by atoms with E-state index in [2.05, 4.69) is 9.71 Å². The molecule has 0 aliphatic heterocycles. The zero-order chi connectivity index (χ0) is 26.0. The number of hydrogen-bond acceptors (Lipinski definition) is 6. The van der Waals surface area contributed by atoms with Crippen molar-refractivity contribution in [2.45, 2.75) is 25.3 Å². The highest BCUT2D eigenvalue weighted by molar-refractivity contribution is 7.92. The molecular formula is C25H22ClN3O5S2. The molecule has 4 rings (SSSR count). The minimum absolute atomic E-state index is 0.0625. The van der Waals surface area contributed by atoms with Gasteiger partial charge < -0.3 is 9.30 Å². The average Bonchev–Trinajstić information content (AvgIpc) is 3.16. The summed E-state index contributed by atoms with van der Waals surface area (Å²) in [6.45, 7) is 3.83. The van der Waals surface area contributed by atoms with E-state index in [0.717, 1.165) is 21.3 Å². The van der Waals surface area contributed by atoms with Crippen LogP contribution in [0.5, 0.6) is 0 Å². The number of thiazole rings is 1. The van der Waals surface area contributed by atoms with Crippen molar-refractivity contribution in [1.29, 1.82) is 0 Å². The predicted octanol–water partition coefficient (Wildman–Crippen LogP) is 4.69. The number of sulfonamides is 1. The lowest BCUT2D eigenvalue weighted by Gasteiger charge is -2.08. The van der Waals surface area contributed by atoms with Crippen LogP contribution in [0.25, 0.3) is 10.2 Å². The van der Waals surface area contributed by atoms with Crippen LogP contribution in [0.4, 0.5) is 5.69 Å². The van der Waals surface area contributed by atoms with Crippen LogP contribution in [0.2, 0.25) is 5.02 Å². The van der Waals surface area contributed by atoms with Gasteiger partial charge >= 0.3 is 5.97 Å². The van der Waals surface area contributed by atoms with Crippen molar-refractivity contribution in [3.63, 3.8) is 0 Å². The summed E-state index contributed by atoms with van der Waals surface area (Å²) in [6, 6.07) is 15.7. The standard InChI is InChI=1S/C25H22ClN3O5S2/c1-15-12-16(2)23-21(13-15)29(14-22(30)34-3)25(35-23)27-24(31)17-4-8-19(9-5-17)28-36(32,33)20-10-6-18(26)7-11-20/h4-13,28H,14H2,1-3H3. The van der Waals surface area contributed by atoms with Crippen LogP contribution in [0.3, 0.4) is 0 Å². The third kappa shape index (κ3) is 5.51. The number of fused-ring (bicyclic) bond motifs is 1. The van der Waals surface area contributed by atoms with E-state index in [0.29, 0.717) is 9.82 Å². The summed E-state index contributed by atoms with van der Waals surface area (Å²) in [7, 11) is -2.51. The fraction of sp³-hybridized carbons (Fsp3) is 0.160. The van der Waals surface area contributed by atoms with Crippen molar-refractivity contribution in [3.8, 4) is 0 Å². The van der Waals surface area contributed by atoms with Gasteiger partial charge in [-0.25, -0.2) is 8.42 Å². The third-order valence-electron chi connectivity index (χ3n) is 5.33. The molecule has 36 heavy (non-hydrogen) atoms. The second-order valence-electron chi connectivity index (χ2n) is 8.03. The number of nitrogens with one attached hydrogen (secondary N) is 1. The molecule has 186 valence electrons.